The van der Waals surface area contributed by atoms with Gasteiger partial charge in [-0.1, -0.05) is 25.1 Å². The van der Waals surface area contributed by atoms with Gasteiger partial charge in [0.1, 0.15) is 5.82 Å². The van der Waals surface area contributed by atoms with E-state index < -0.39 is 24.6 Å². The summed E-state index contributed by atoms with van der Waals surface area (Å²) in [5.74, 6) is -0.488. The average Bonchev–Trinajstić information content (AvgIpc) is 2.27. The van der Waals surface area contributed by atoms with Gasteiger partial charge in [0.25, 0.3) is 0 Å². The summed E-state index contributed by atoms with van der Waals surface area (Å²) in [4.78, 5) is 1.21. The van der Waals surface area contributed by atoms with E-state index in [4.69, 9.17) is 5.73 Å². The Bertz CT molecular complexity index is 392. The monoisotopic (exact) mass is 278 g/mol. The Morgan fingerprint density at radius 2 is 1.89 bits per heavy atom. The quantitative estimate of drug-likeness (QED) is 0.810. The fraction of sp³-hybridized carbons (Fsp3) is 0.538. The van der Waals surface area contributed by atoms with Gasteiger partial charge < -0.3 is 5.73 Å². The van der Waals surface area contributed by atoms with Gasteiger partial charge in [-0.3, -0.25) is 4.90 Å². The SMILES string of the molecule is CCCN(CC(N)c1ccccc1F)CC(F)(F)F. The molecule has 0 fully saturated rings. The number of nitrogens with zero attached hydrogens (tertiary/aromatic N) is 1. The van der Waals surface area contributed by atoms with Crippen molar-refractivity contribution in [3.63, 3.8) is 0 Å². The second kappa shape index (κ2) is 6.86. The highest BCUT2D eigenvalue weighted by molar-refractivity contribution is 5.21. The topological polar surface area (TPSA) is 29.3 Å². The van der Waals surface area contributed by atoms with Crippen molar-refractivity contribution in [3.05, 3.63) is 35.6 Å². The van der Waals surface area contributed by atoms with Gasteiger partial charge >= 0.3 is 6.18 Å². The van der Waals surface area contributed by atoms with Crippen molar-refractivity contribution in [2.24, 2.45) is 5.73 Å². The van der Waals surface area contributed by atoms with Crippen molar-refractivity contribution in [1.82, 2.24) is 4.90 Å². The molecule has 6 heteroatoms. The van der Waals surface area contributed by atoms with E-state index in [9.17, 15) is 17.6 Å². The second-order valence-electron chi connectivity index (χ2n) is 4.48. The van der Waals surface area contributed by atoms with Gasteiger partial charge in [-0.05, 0) is 19.0 Å². The van der Waals surface area contributed by atoms with Crippen LogP contribution in [0.4, 0.5) is 17.6 Å². The third kappa shape index (κ3) is 5.57. The van der Waals surface area contributed by atoms with Crippen molar-refractivity contribution in [2.75, 3.05) is 19.6 Å². The van der Waals surface area contributed by atoms with Crippen molar-refractivity contribution < 1.29 is 17.6 Å². The highest BCUT2D eigenvalue weighted by atomic mass is 19.4. The number of nitrogens with two attached hydrogens (primary N) is 1. The van der Waals surface area contributed by atoms with Crippen LogP contribution in [0, 0.1) is 5.82 Å². The zero-order chi connectivity index (χ0) is 14.5. The highest BCUT2D eigenvalue weighted by Crippen LogP contribution is 2.20. The molecule has 0 aliphatic heterocycles. The summed E-state index contributed by atoms with van der Waals surface area (Å²) in [7, 11) is 0. The van der Waals surface area contributed by atoms with Gasteiger partial charge in [0.15, 0.2) is 0 Å². The summed E-state index contributed by atoms with van der Waals surface area (Å²) in [5, 5.41) is 0. The minimum Gasteiger partial charge on any atom is -0.323 e. The van der Waals surface area contributed by atoms with Crippen LogP contribution in [0.3, 0.4) is 0 Å². The molecule has 1 rings (SSSR count). The lowest BCUT2D eigenvalue weighted by Gasteiger charge is -2.26. The molecule has 0 radical (unpaired) electrons. The molecule has 0 aliphatic rings. The number of rotatable bonds is 6. The van der Waals surface area contributed by atoms with Crippen molar-refractivity contribution in [3.8, 4) is 0 Å². The van der Waals surface area contributed by atoms with Crippen LogP contribution in [0.5, 0.6) is 0 Å². The summed E-state index contributed by atoms with van der Waals surface area (Å²) < 4.78 is 50.7. The maximum Gasteiger partial charge on any atom is 0.401 e. The first-order chi connectivity index (χ1) is 8.83. The van der Waals surface area contributed by atoms with Crippen LogP contribution < -0.4 is 5.73 Å². The first kappa shape index (κ1) is 15.9. The molecule has 0 saturated heterocycles. The number of benzene rings is 1. The first-order valence-electron chi connectivity index (χ1n) is 6.12. The van der Waals surface area contributed by atoms with Gasteiger partial charge in [0.2, 0.25) is 0 Å². The summed E-state index contributed by atoms with van der Waals surface area (Å²) >= 11 is 0. The van der Waals surface area contributed by atoms with Crippen molar-refractivity contribution >= 4 is 0 Å². The van der Waals surface area contributed by atoms with Crippen LogP contribution in [0.25, 0.3) is 0 Å². The minimum absolute atomic E-state index is 0.0196. The van der Waals surface area contributed by atoms with Gasteiger partial charge in [0.05, 0.1) is 6.54 Å². The molecular weight excluding hydrogens is 260 g/mol. The molecule has 2 nitrogen and oxygen atoms in total. The molecule has 2 N–H and O–H groups in total. The maximum absolute atomic E-state index is 13.5. The Balaban J connectivity index is 2.71. The van der Waals surface area contributed by atoms with E-state index in [1.54, 1.807) is 13.0 Å². The van der Waals surface area contributed by atoms with E-state index in [1.165, 1.54) is 23.1 Å². The Labute approximate surface area is 110 Å². The molecule has 0 spiro atoms. The molecule has 0 bridgehead atoms. The van der Waals surface area contributed by atoms with Crippen molar-refractivity contribution in [1.29, 1.82) is 0 Å². The predicted molar refractivity (Wildman–Crippen MR) is 66.1 cm³/mol. The maximum atomic E-state index is 13.5. The van der Waals surface area contributed by atoms with E-state index >= 15 is 0 Å². The third-order valence-corrected chi connectivity index (χ3v) is 2.70. The Hall–Kier alpha value is -1.14. The molecule has 0 saturated carbocycles. The van der Waals surface area contributed by atoms with E-state index in [0.29, 0.717) is 6.42 Å². The molecule has 0 heterocycles. The Morgan fingerprint density at radius 1 is 1.26 bits per heavy atom. The van der Waals surface area contributed by atoms with Gasteiger partial charge in [-0.25, -0.2) is 4.39 Å². The lowest BCUT2D eigenvalue weighted by Crippen LogP contribution is -2.39. The molecule has 1 unspecified atom stereocenters. The largest absolute Gasteiger partial charge is 0.401 e. The zero-order valence-corrected chi connectivity index (χ0v) is 10.8. The summed E-state index contributed by atoms with van der Waals surface area (Å²) in [6, 6.07) is 5.12. The number of hydrogen-bond acceptors (Lipinski definition) is 2. The molecule has 0 amide bonds. The Morgan fingerprint density at radius 3 is 2.42 bits per heavy atom. The van der Waals surface area contributed by atoms with E-state index in [0.717, 1.165) is 0 Å². The normalized spacial score (nSPS) is 13.8. The van der Waals surface area contributed by atoms with Crippen LogP contribution in [0.1, 0.15) is 24.9 Å². The fourth-order valence-electron chi connectivity index (χ4n) is 1.96. The number of halogens is 4. The number of hydrogen-bond donors (Lipinski definition) is 1. The van der Waals surface area contributed by atoms with Crippen LogP contribution in [0.15, 0.2) is 24.3 Å². The molecule has 19 heavy (non-hydrogen) atoms. The first-order valence-corrected chi connectivity index (χ1v) is 6.12. The van der Waals surface area contributed by atoms with E-state index in [-0.39, 0.29) is 18.7 Å². The summed E-state index contributed by atoms with van der Waals surface area (Å²) in [6.45, 7) is 1.02. The highest BCUT2D eigenvalue weighted by Gasteiger charge is 2.31. The van der Waals surface area contributed by atoms with E-state index in [2.05, 4.69) is 0 Å². The zero-order valence-electron chi connectivity index (χ0n) is 10.8. The minimum atomic E-state index is -4.27. The van der Waals surface area contributed by atoms with Crippen LogP contribution in [-0.4, -0.2) is 30.7 Å². The summed E-state index contributed by atoms with van der Waals surface area (Å²) in [5.41, 5.74) is 6.04. The molecule has 108 valence electrons. The van der Waals surface area contributed by atoms with Gasteiger partial charge in [-0.2, -0.15) is 13.2 Å². The molecule has 0 aliphatic carbocycles. The predicted octanol–water partition coefficient (Wildman–Crippen LogP) is 3.10. The van der Waals surface area contributed by atoms with Crippen LogP contribution >= 0.6 is 0 Å². The molecule has 1 aromatic rings. The second-order valence-corrected chi connectivity index (χ2v) is 4.48. The molecule has 1 atom stereocenters. The molecule has 0 aromatic heterocycles. The molecular formula is C13H18F4N2. The van der Waals surface area contributed by atoms with Crippen molar-refractivity contribution in [2.45, 2.75) is 25.6 Å². The van der Waals surface area contributed by atoms with Crippen LogP contribution in [-0.2, 0) is 0 Å². The third-order valence-electron chi connectivity index (χ3n) is 2.70. The smallest absolute Gasteiger partial charge is 0.323 e. The van der Waals surface area contributed by atoms with Gasteiger partial charge in [0, 0.05) is 18.2 Å². The Kier molecular flexibility index (Phi) is 5.75. The van der Waals surface area contributed by atoms with Gasteiger partial charge in [-0.15, -0.1) is 0 Å². The lowest BCUT2D eigenvalue weighted by molar-refractivity contribution is -0.146. The number of alkyl halides is 3. The standard InChI is InChI=1S/C13H18F4N2/c1-2-7-19(9-13(15,16)17)8-12(18)10-5-3-4-6-11(10)14/h3-6,12H,2,7-9,18H2,1H3. The molecule has 1 aromatic carbocycles. The lowest BCUT2D eigenvalue weighted by atomic mass is 10.1. The fourth-order valence-corrected chi connectivity index (χ4v) is 1.96. The average molecular weight is 278 g/mol. The van der Waals surface area contributed by atoms with Crippen LogP contribution in [0.2, 0.25) is 0 Å². The summed E-state index contributed by atoms with van der Waals surface area (Å²) in [6.07, 6.45) is -3.69. The van der Waals surface area contributed by atoms with E-state index in [1.807, 2.05) is 0 Å².